The molecular weight excluding hydrogens is 569 g/mol. The molecule has 0 amide bonds. The number of para-hydroxylation sites is 1. The number of rotatable bonds is 11. The van der Waals surface area contributed by atoms with Gasteiger partial charge in [-0.1, -0.05) is 60.1 Å². The van der Waals surface area contributed by atoms with E-state index < -0.39 is 17.5 Å². The number of hydrogen-bond donors (Lipinski definition) is 1. The minimum Gasteiger partial charge on any atom is -0.494 e. The summed E-state index contributed by atoms with van der Waals surface area (Å²) in [5, 5.41) is 14.3. The summed E-state index contributed by atoms with van der Waals surface area (Å²) in [5.74, 6) is -0.424. The van der Waals surface area contributed by atoms with Crippen LogP contribution >= 0.6 is 11.6 Å². The fourth-order valence-electron chi connectivity index (χ4n) is 5.06. The summed E-state index contributed by atoms with van der Waals surface area (Å²) in [6.07, 6.45) is 1.68. The zero-order valence-electron chi connectivity index (χ0n) is 23.9. The van der Waals surface area contributed by atoms with Gasteiger partial charge < -0.3 is 9.84 Å². The van der Waals surface area contributed by atoms with E-state index in [9.17, 15) is 19.1 Å². The van der Waals surface area contributed by atoms with Crippen molar-refractivity contribution in [2.24, 2.45) is 0 Å². The van der Waals surface area contributed by atoms with Crippen molar-refractivity contribution >= 4 is 17.6 Å². The second-order valence-electron chi connectivity index (χ2n) is 10.2. The van der Waals surface area contributed by atoms with Gasteiger partial charge in [-0.25, -0.2) is 13.8 Å². The maximum absolute atomic E-state index is 14.8. The van der Waals surface area contributed by atoms with E-state index in [1.165, 1.54) is 15.3 Å². The molecule has 0 saturated carbocycles. The Morgan fingerprint density at radius 3 is 2.40 bits per heavy atom. The fourth-order valence-corrected chi connectivity index (χ4v) is 5.37. The van der Waals surface area contributed by atoms with Crippen LogP contribution in [-0.4, -0.2) is 32.0 Å². The van der Waals surface area contributed by atoms with Gasteiger partial charge in [-0.05, 0) is 85.3 Å². The van der Waals surface area contributed by atoms with Crippen LogP contribution in [0.1, 0.15) is 35.9 Å². The van der Waals surface area contributed by atoms with Crippen LogP contribution in [0.3, 0.4) is 0 Å². The molecule has 4 aromatic carbocycles. The summed E-state index contributed by atoms with van der Waals surface area (Å²) in [5.41, 5.74) is 4.60. The molecule has 43 heavy (non-hydrogen) atoms. The quantitative estimate of drug-likeness (QED) is 0.177. The van der Waals surface area contributed by atoms with Crippen molar-refractivity contribution in [1.82, 2.24) is 14.3 Å². The third-order valence-electron chi connectivity index (χ3n) is 7.13. The molecule has 0 aliphatic heterocycles. The van der Waals surface area contributed by atoms with Crippen LogP contribution in [-0.2, 0) is 24.1 Å². The van der Waals surface area contributed by atoms with Crippen molar-refractivity contribution in [3.05, 3.63) is 129 Å². The highest BCUT2D eigenvalue weighted by molar-refractivity contribution is 6.32. The van der Waals surface area contributed by atoms with Crippen LogP contribution in [0.2, 0.25) is 5.02 Å². The second kappa shape index (κ2) is 13.1. The number of carboxylic acids is 1. The van der Waals surface area contributed by atoms with Crippen molar-refractivity contribution in [3.63, 3.8) is 0 Å². The van der Waals surface area contributed by atoms with Gasteiger partial charge in [0, 0.05) is 12.0 Å². The standard InChI is InChI=1S/C34H31ClFN3O4/c1-3-43-31-18-16-25(20-26(31)21-33(40)41)24-14-12-23(13-15-24)7-6-10-32-37-39(29-17-11-22(2)19-27(29)35)34(42)38(32)30-9-5-4-8-28(30)36/h4-5,8-9,11-20H,3,6-7,10,21H2,1-2H3,(H,40,41). The first-order valence-electron chi connectivity index (χ1n) is 14.0. The molecular formula is C34H31ClFN3O4. The van der Waals surface area contributed by atoms with Gasteiger partial charge in [-0.2, -0.15) is 4.68 Å². The third-order valence-corrected chi connectivity index (χ3v) is 7.43. The highest BCUT2D eigenvalue weighted by atomic mass is 35.5. The first-order valence-corrected chi connectivity index (χ1v) is 14.4. The molecule has 1 N–H and O–H groups in total. The molecule has 0 spiro atoms. The Kier molecular flexibility index (Phi) is 9.07. The minimum atomic E-state index is -0.916. The van der Waals surface area contributed by atoms with Crippen LogP contribution in [0.15, 0.2) is 89.7 Å². The average molecular weight is 600 g/mol. The third kappa shape index (κ3) is 6.70. The predicted molar refractivity (Wildman–Crippen MR) is 165 cm³/mol. The van der Waals surface area contributed by atoms with Crippen molar-refractivity contribution in [2.75, 3.05) is 6.61 Å². The van der Waals surface area contributed by atoms with Crippen molar-refractivity contribution in [2.45, 2.75) is 39.5 Å². The van der Waals surface area contributed by atoms with Gasteiger partial charge >= 0.3 is 11.7 Å². The molecule has 0 unspecified atom stereocenters. The summed E-state index contributed by atoms with van der Waals surface area (Å²) >= 11 is 6.45. The molecule has 0 radical (unpaired) electrons. The summed E-state index contributed by atoms with van der Waals surface area (Å²) in [6, 6.07) is 25.1. The van der Waals surface area contributed by atoms with Crippen LogP contribution in [0, 0.1) is 12.7 Å². The molecule has 5 aromatic rings. The number of aliphatic carboxylic acids is 1. The van der Waals surface area contributed by atoms with E-state index in [1.807, 2.05) is 62.4 Å². The number of aryl methyl sites for hydroxylation is 3. The number of benzene rings is 4. The minimum absolute atomic E-state index is 0.120. The molecule has 0 aliphatic rings. The van der Waals surface area contributed by atoms with Gasteiger partial charge in [0.25, 0.3) is 0 Å². The summed E-state index contributed by atoms with van der Waals surface area (Å²) < 4.78 is 23.0. The van der Waals surface area contributed by atoms with E-state index in [-0.39, 0.29) is 12.1 Å². The van der Waals surface area contributed by atoms with Gasteiger partial charge in [0.1, 0.15) is 17.4 Å². The van der Waals surface area contributed by atoms with Crippen LogP contribution in [0.4, 0.5) is 4.39 Å². The van der Waals surface area contributed by atoms with E-state index in [2.05, 4.69) is 5.10 Å². The lowest BCUT2D eigenvalue weighted by atomic mass is 9.98. The number of halogens is 2. The van der Waals surface area contributed by atoms with Gasteiger partial charge in [-0.15, -0.1) is 5.10 Å². The van der Waals surface area contributed by atoms with Crippen LogP contribution in [0.5, 0.6) is 5.75 Å². The monoisotopic (exact) mass is 599 g/mol. The van der Waals surface area contributed by atoms with E-state index in [4.69, 9.17) is 16.3 Å². The SMILES string of the molecule is CCOc1ccc(-c2ccc(CCCc3nn(-c4ccc(C)cc4Cl)c(=O)n3-c3ccccc3F)cc2)cc1CC(=O)O. The van der Waals surface area contributed by atoms with E-state index >= 15 is 0 Å². The van der Waals surface area contributed by atoms with Crippen molar-refractivity contribution < 1.29 is 19.0 Å². The Bertz CT molecular complexity index is 1830. The number of hydrogen-bond acceptors (Lipinski definition) is 4. The van der Waals surface area contributed by atoms with Crippen molar-refractivity contribution in [3.8, 4) is 28.3 Å². The molecule has 0 saturated heterocycles. The Balaban J connectivity index is 1.36. The molecule has 1 heterocycles. The number of ether oxygens (including phenoxy) is 1. The topological polar surface area (TPSA) is 86.4 Å². The van der Waals surface area contributed by atoms with Crippen LogP contribution in [0.25, 0.3) is 22.5 Å². The molecule has 5 rings (SSSR count). The van der Waals surface area contributed by atoms with Gasteiger partial charge in [0.15, 0.2) is 0 Å². The maximum Gasteiger partial charge on any atom is 0.355 e. The highest BCUT2D eigenvalue weighted by Crippen LogP contribution is 2.28. The zero-order chi connectivity index (χ0) is 30.5. The first kappa shape index (κ1) is 29.8. The molecule has 7 nitrogen and oxygen atoms in total. The normalized spacial score (nSPS) is 11.1. The molecule has 1 aromatic heterocycles. The second-order valence-corrected chi connectivity index (χ2v) is 10.6. The lowest BCUT2D eigenvalue weighted by Crippen LogP contribution is -2.24. The van der Waals surface area contributed by atoms with Gasteiger partial charge in [0.05, 0.1) is 29.4 Å². The Morgan fingerprint density at radius 1 is 0.953 bits per heavy atom. The Labute approximate surface area is 253 Å². The molecule has 220 valence electrons. The summed E-state index contributed by atoms with van der Waals surface area (Å²) in [7, 11) is 0. The van der Waals surface area contributed by atoms with E-state index in [1.54, 1.807) is 30.3 Å². The summed E-state index contributed by atoms with van der Waals surface area (Å²) in [6.45, 7) is 4.22. The van der Waals surface area contributed by atoms with Crippen LogP contribution < -0.4 is 10.4 Å². The first-order chi connectivity index (χ1) is 20.7. The van der Waals surface area contributed by atoms with Gasteiger partial charge in [-0.3, -0.25) is 4.79 Å². The Morgan fingerprint density at radius 2 is 1.70 bits per heavy atom. The van der Waals surface area contributed by atoms with Gasteiger partial charge in [0.2, 0.25) is 0 Å². The largest absolute Gasteiger partial charge is 0.494 e. The molecule has 0 aliphatic carbocycles. The predicted octanol–water partition coefficient (Wildman–Crippen LogP) is 6.99. The molecule has 0 bridgehead atoms. The fraction of sp³-hybridized carbons (Fsp3) is 0.206. The summed E-state index contributed by atoms with van der Waals surface area (Å²) in [4.78, 5) is 24.9. The number of aromatic nitrogens is 3. The number of carbonyl (C=O) groups is 1. The lowest BCUT2D eigenvalue weighted by Gasteiger charge is -2.12. The van der Waals surface area contributed by atoms with E-state index in [0.717, 1.165) is 22.3 Å². The smallest absolute Gasteiger partial charge is 0.355 e. The van der Waals surface area contributed by atoms with E-state index in [0.29, 0.717) is 53.7 Å². The van der Waals surface area contributed by atoms with Crippen molar-refractivity contribution in [1.29, 1.82) is 0 Å². The number of nitrogens with zero attached hydrogens (tertiary/aromatic N) is 3. The maximum atomic E-state index is 14.8. The average Bonchev–Trinajstić information content (AvgIpc) is 3.29. The number of carboxylic acid groups (broad SMARTS) is 1. The molecule has 0 fully saturated rings. The highest BCUT2D eigenvalue weighted by Gasteiger charge is 2.20. The molecule has 9 heteroatoms. The Hall–Kier alpha value is -4.69. The zero-order valence-corrected chi connectivity index (χ0v) is 24.6. The lowest BCUT2D eigenvalue weighted by molar-refractivity contribution is -0.136. The molecule has 0 atom stereocenters.